The van der Waals surface area contributed by atoms with Crippen LogP contribution in [0.2, 0.25) is 0 Å². The first-order valence-corrected chi connectivity index (χ1v) is 1.56. The molecule has 5 heavy (non-hydrogen) atoms. The van der Waals surface area contributed by atoms with Gasteiger partial charge in [-0.25, -0.2) is 0 Å². The van der Waals surface area contributed by atoms with Gasteiger partial charge < -0.3 is 0 Å². The van der Waals surface area contributed by atoms with Gasteiger partial charge in [0, 0.05) is 5.92 Å². The van der Waals surface area contributed by atoms with E-state index in [2.05, 4.69) is 12.8 Å². The topological polar surface area (TPSA) is 0 Å². The van der Waals surface area contributed by atoms with Crippen LogP contribution in [0.25, 0.3) is 0 Å². The van der Waals surface area contributed by atoms with Gasteiger partial charge in [-0.05, 0) is 6.92 Å². The third-order valence-electron chi connectivity index (χ3n) is 0.285. The predicted octanol–water partition coefficient (Wildman–Crippen LogP) is 1.09. The predicted molar refractivity (Wildman–Crippen MR) is 23.4 cm³/mol. The van der Waals surface area contributed by atoms with Crippen LogP contribution in [0.5, 0.6) is 0 Å². The first-order valence-electron chi connectivity index (χ1n) is 1.56. The molecule has 1 atom stereocenters. The molecule has 0 aromatic rings. The van der Waals surface area contributed by atoms with Crippen LogP contribution in [0.15, 0.2) is 0 Å². The summed E-state index contributed by atoms with van der Waals surface area (Å²) in [6, 6.07) is 0. The molecule has 0 fully saturated rings. The molecule has 0 heterocycles. The summed E-state index contributed by atoms with van der Waals surface area (Å²) in [6.45, 7) is 5.40. The second kappa shape index (κ2) is 1.84. The van der Waals surface area contributed by atoms with E-state index in [0.717, 1.165) is 0 Å². The Labute approximate surface area is 33.2 Å². The lowest BCUT2D eigenvalue weighted by atomic mass is 10.2. The fourth-order valence-corrected chi connectivity index (χ4v) is 0. The third kappa shape index (κ3) is 3.56. The average molecular weight is 67.1 g/mol. The Morgan fingerprint density at radius 1 is 2.00 bits per heavy atom. The highest BCUT2D eigenvalue weighted by Crippen LogP contribution is 1.80. The van der Waals surface area contributed by atoms with Gasteiger partial charge in [-0.15, -0.1) is 12.3 Å². The second-order valence-corrected chi connectivity index (χ2v) is 1.07. The Kier molecular flexibility index (Phi) is 1.68. The molecule has 0 aliphatic carbocycles. The molecular formula is C5H7. The van der Waals surface area contributed by atoms with Gasteiger partial charge in [0.1, 0.15) is 0 Å². The molecule has 0 aliphatic rings. The van der Waals surface area contributed by atoms with Crippen LogP contribution in [0.1, 0.15) is 6.92 Å². The molecule has 27 valence electrons. The molecule has 0 rings (SSSR count). The minimum atomic E-state index is 0.162. The highest BCUT2D eigenvalue weighted by Gasteiger charge is 1.74. The van der Waals surface area contributed by atoms with Crippen molar-refractivity contribution < 1.29 is 0 Å². The Hall–Kier alpha value is -0.440. The molecule has 0 heteroatoms. The Morgan fingerprint density at radius 3 is 2.20 bits per heavy atom. The smallest absolute Gasteiger partial charge is 0.0172 e. The fraction of sp³-hybridized carbons (Fsp3) is 0.400. The fourth-order valence-electron chi connectivity index (χ4n) is 0. The van der Waals surface area contributed by atoms with E-state index in [-0.39, 0.29) is 5.92 Å². The summed E-state index contributed by atoms with van der Waals surface area (Å²) in [5.74, 6) is 2.58. The van der Waals surface area contributed by atoms with Crippen LogP contribution in [0.4, 0.5) is 0 Å². The molecule has 0 nitrogen and oxygen atoms in total. The van der Waals surface area contributed by atoms with Gasteiger partial charge in [-0.1, -0.05) is 6.92 Å². The summed E-state index contributed by atoms with van der Waals surface area (Å²) in [6.07, 6.45) is 4.86. The van der Waals surface area contributed by atoms with Gasteiger partial charge in [0.25, 0.3) is 0 Å². The van der Waals surface area contributed by atoms with Crippen molar-refractivity contribution in [2.75, 3.05) is 0 Å². The number of hydrogen-bond donors (Lipinski definition) is 0. The van der Waals surface area contributed by atoms with Crippen molar-refractivity contribution in [1.29, 1.82) is 0 Å². The van der Waals surface area contributed by atoms with Gasteiger partial charge in [-0.3, -0.25) is 0 Å². The zero-order valence-electron chi connectivity index (χ0n) is 3.36. The largest absolute Gasteiger partial charge is 0.120 e. The Balaban J connectivity index is 2.94. The van der Waals surface area contributed by atoms with Crippen molar-refractivity contribution in [3.05, 3.63) is 6.92 Å². The first kappa shape index (κ1) is 4.56. The van der Waals surface area contributed by atoms with E-state index in [1.807, 2.05) is 6.92 Å². The van der Waals surface area contributed by atoms with Crippen LogP contribution in [0, 0.1) is 25.2 Å². The number of hydrogen-bond acceptors (Lipinski definition) is 0. The zero-order chi connectivity index (χ0) is 4.28. The minimum absolute atomic E-state index is 0.162. The monoisotopic (exact) mass is 67.1 g/mol. The third-order valence-corrected chi connectivity index (χ3v) is 0.285. The van der Waals surface area contributed by atoms with Crippen molar-refractivity contribution in [3.8, 4) is 12.3 Å². The van der Waals surface area contributed by atoms with Crippen molar-refractivity contribution in [3.63, 3.8) is 0 Å². The summed E-state index contributed by atoms with van der Waals surface area (Å²) in [7, 11) is 0. The molecule has 1 radical (unpaired) electrons. The van der Waals surface area contributed by atoms with E-state index in [1.54, 1.807) is 0 Å². The summed E-state index contributed by atoms with van der Waals surface area (Å²) in [5.41, 5.74) is 0. The van der Waals surface area contributed by atoms with Crippen molar-refractivity contribution in [1.82, 2.24) is 0 Å². The molecule has 0 aliphatic heterocycles. The van der Waals surface area contributed by atoms with Gasteiger partial charge in [0.05, 0.1) is 0 Å². The number of rotatable bonds is 0. The maximum Gasteiger partial charge on any atom is 0.0172 e. The average Bonchev–Trinajstić information content (AvgIpc) is 1.38. The summed E-state index contributed by atoms with van der Waals surface area (Å²) < 4.78 is 0. The molecule has 0 bridgehead atoms. The highest BCUT2D eigenvalue weighted by atomic mass is 13.8. The normalized spacial score (nSPS) is 7.60. The summed E-state index contributed by atoms with van der Waals surface area (Å²) >= 11 is 0. The zero-order valence-corrected chi connectivity index (χ0v) is 3.36. The lowest BCUT2D eigenvalue weighted by Gasteiger charge is -1.79. The Bertz CT molecular complexity index is 45.5. The molecule has 0 spiro atoms. The molecule has 0 aromatic heterocycles. The quantitative estimate of drug-likeness (QED) is 0.372. The lowest BCUT2D eigenvalue weighted by Crippen LogP contribution is -1.73. The van der Waals surface area contributed by atoms with Gasteiger partial charge in [0.2, 0.25) is 0 Å². The van der Waals surface area contributed by atoms with E-state index >= 15 is 0 Å². The van der Waals surface area contributed by atoms with Crippen LogP contribution >= 0.6 is 0 Å². The Morgan fingerprint density at radius 2 is 2.20 bits per heavy atom. The van der Waals surface area contributed by atoms with Crippen molar-refractivity contribution in [2.45, 2.75) is 6.92 Å². The van der Waals surface area contributed by atoms with Crippen LogP contribution in [-0.4, -0.2) is 0 Å². The number of terminal acetylenes is 1. The van der Waals surface area contributed by atoms with E-state index in [4.69, 9.17) is 6.42 Å². The van der Waals surface area contributed by atoms with E-state index < -0.39 is 0 Å². The maximum atomic E-state index is 4.86. The standard InChI is InChI=1S/C5H7/c1-4-5(2)3/h1,5H,2H2,3H3. The van der Waals surface area contributed by atoms with Gasteiger partial charge >= 0.3 is 0 Å². The summed E-state index contributed by atoms with van der Waals surface area (Å²) in [5, 5.41) is 0. The van der Waals surface area contributed by atoms with Gasteiger partial charge in [0.15, 0.2) is 0 Å². The molecule has 0 amide bonds. The lowest BCUT2D eigenvalue weighted by molar-refractivity contribution is 0.979. The van der Waals surface area contributed by atoms with Crippen LogP contribution in [-0.2, 0) is 0 Å². The van der Waals surface area contributed by atoms with E-state index in [0.29, 0.717) is 0 Å². The van der Waals surface area contributed by atoms with Gasteiger partial charge in [-0.2, -0.15) is 0 Å². The molecule has 0 N–H and O–H groups in total. The van der Waals surface area contributed by atoms with Crippen molar-refractivity contribution >= 4 is 0 Å². The van der Waals surface area contributed by atoms with E-state index in [1.165, 1.54) is 0 Å². The van der Waals surface area contributed by atoms with Crippen LogP contribution < -0.4 is 0 Å². The van der Waals surface area contributed by atoms with E-state index in [9.17, 15) is 0 Å². The maximum absolute atomic E-state index is 4.86. The minimum Gasteiger partial charge on any atom is -0.120 e. The first-order chi connectivity index (χ1) is 2.27. The SMILES string of the molecule is C#CC([CH2])C. The second-order valence-electron chi connectivity index (χ2n) is 1.07. The molecule has 1 unspecified atom stereocenters. The molecule has 0 aromatic carbocycles. The molecular weight excluding hydrogens is 60.1 g/mol. The molecule has 0 saturated carbocycles. The molecule has 0 saturated heterocycles. The highest BCUT2D eigenvalue weighted by molar-refractivity contribution is 4.91. The van der Waals surface area contributed by atoms with Crippen LogP contribution in [0.3, 0.4) is 0 Å². The van der Waals surface area contributed by atoms with Crippen molar-refractivity contribution in [2.24, 2.45) is 5.92 Å². The summed E-state index contributed by atoms with van der Waals surface area (Å²) in [4.78, 5) is 0.